The second kappa shape index (κ2) is 8.91. The van der Waals surface area contributed by atoms with Crippen molar-refractivity contribution in [2.45, 2.75) is 82.4 Å². The first kappa shape index (κ1) is 21.0. The van der Waals surface area contributed by atoms with Gasteiger partial charge in [0.1, 0.15) is 17.0 Å². The Morgan fingerprint density at radius 2 is 2.00 bits per heavy atom. The third kappa shape index (κ3) is 4.09. The van der Waals surface area contributed by atoms with Crippen molar-refractivity contribution in [1.82, 2.24) is 24.8 Å². The summed E-state index contributed by atoms with van der Waals surface area (Å²) in [5.41, 5.74) is 2.69. The minimum Gasteiger partial charge on any atom is -0.393 e. The number of nitriles is 1. The molecule has 2 saturated carbocycles. The fourth-order valence-corrected chi connectivity index (χ4v) is 5.54. The predicted molar refractivity (Wildman–Crippen MR) is 121 cm³/mol. The lowest BCUT2D eigenvalue weighted by Crippen LogP contribution is -2.39. The topological polar surface area (TPSA) is 120 Å². The van der Waals surface area contributed by atoms with Gasteiger partial charge in [-0.15, -0.1) is 0 Å². The summed E-state index contributed by atoms with van der Waals surface area (Å²) in [6.45, 7) is 0. The van der Waals surface area contributed by atoms with E-state index in [-0.39, 0.29) is 30.5 Å². The molecule has 0 aliphatic heterocycles. The zero-order valence-electron chi connectivity index (χ0n) is 18.3. The highest BCUT2D eigenvalue weighted by Gasteiger charge is 2.28. The highest BCUT2D eigenvalue weighted by atomic mass is 16.3. The van der Waals surface area contributed by atoms with Crippen LogP contribution < -0.4 is 5.32 Å². The standard InChI is InChI=1S/C24H30N6O2/c25-11-9-15-1-5-17(6-2-15)30-21(13-22(32)28-16-3-7-18(31)8-4-16)29-20-14-27-24-19(23(20)30)10-12-26-24/h10,12,14-18,31H,1-9,13H2,(H,26,27)(H,28,32)/t15-,16?,17-,18?. The van der Waals surface area contributed by atoms with Crippen molar-refractivity contribution >= 4 is 28.0 Å². The summed E-state index contributed by atoms with van der Waals surface area (Å²) in [6.07, 6.45) is 11.4. The normalized spacial score (nSPS) is 26.2. The van der Waals surface area contributed by atoms with Gasteiger partial charge in [0.25, 0.3) is 0 Å². The molecule has 5 rings (SSSR count). The van der Waals surface area contributed by atoms with Crippen LogP contribution in [-0.4, -0.2) is 42.7 Å². The summed E-state index contributed by atoms with van der Waals surface area (Å²) in [6, 6.07) is 4.74. The number of aliphatic hydroxyl groups excluding tert-OH is 1. The fraction of sp³-hybridized carbons (Fsp3) is 0.583. The number of H-pyrrole nitrogens is 1. The summed E-state index contributed by atoms with van der Waals surface area (Å²) in [4.78, 5) is 25.5. The lowest BCUT2D eigenvalue weighted by Gasteiger charge is -2.30. The number of carbonyl (C=O) groups is 1. The summed E-state index contributed by atoms with van der Waals surface area (Å²) in [5, 5.41) is 23.0. The molecule has 0 unspecified atom stereocenters. The Morgan fingerprint density at radius 1 is 1.22 bits per heavy atom. The number of carbonyl (C=O) groups excluding carboxylic acids is 1. The van der Waals surface area contributed by atoms with E-state index in [2.05, 4.69) is 25.9 Å². The second-order valence-electron chi connectivity index (χ2n) is 9.42. The average Bonchev–Trinajstić information content (AvgIpc) is 3.40. The van der Waals surface area contributed by atoms with E-state index in [4.69, 9.17) is 10.2 Å². The van der Waals surface area contributed by atoms with Crippen molar-refractivity contribution in [3.8, 4) is 6.07 Å². The van der Waals surface area contributed by atoms with Crippen LogP contribution in [0.2, 0.25) is 0 Å². The van der Waals surface area contributed by atoms with Crippen molar-refractivity contribution in [3.05, 3.63) is 24.3 Å². The number of pyridine rings is 1. The number of nitrogens with zero attached hydrogens (tertiary/aromatic N) is 4. The molecule has 32 heavy (non-hydrogen) atoms. The van der Waals surface area contributed by atoms with E-state index < -0.39 is 0 Å². The van der Waals surface area contributed by atoms with E-state index >= 15 is 0 Å². The predicted octanol–water partition coefficient (Wildman–Crippen LogP) is 3.52. The largest absolute Gasteiger partial charge is 0.393 e. The first-order chi connectivity index (χ1) is 15.6. The van der Waals surface area contributed by atoms with Gasteiger partial charge in [-0.25, -0.2) is 9.97 Å². The zero-order valence-corrected chi connectivity index (χ0v) is 18.3. The maximum atomic E-state index is 12.9. The first-order valence-electron chi connectivity index (χ1n) is 11.8. The molecule has 0 radical (unpaired) electrons. The highest BCUT2D eigenvalue weighted by Crippen LogP contribution is 2.38. The molecule has 168 valence electrons. The summed E-state index contributed by atoms with van der Waals surface area (Å²) in [5.74, 6) is 1.24. The number of hydrogen-bond donors (Lipinski definition) is 3. The third-order valence-corrected chi connectivity index (χ3v) is 7.25. The number of amides is 1. The molecule has 2 fully saturated rings. The van der Waals surface area contributed by atoms with Crippen molar-refractivity contribution in [1.29, 1.82) is 5.26 Å². The highest BCUT2D eigenvalue weighted by molar-refractivity contribution is 6.01. The maximum absolute atomic E-state index is 12.9. The van der Waals surface area contributed by atoms with Crippen LogP contribution >= 0.6 is 0 Å². The number of aromatic nitrogens is 4. The molecule has 3 aromatic rings. The Balaban J connectivity index is 1.43. The number of aliphatic hydroxyl groups is 1. The van der Waals surface area contributed by atoms with Crippen molar-refractivity contribution in [3.63, 3.8) is 0 Å². The number of aromatic amines is 1. The molecule has 0 saturated heterocycles. The van der Waals surface area contributed by atoms with Crippen molar-refractivity contribution in [2.75, 3.05) is 0 Å². The lowest BCUT2D eigenvalue weighted by molar-refractivity contribution is -0.121. The molecule has 0 spiro atoms. The quantitative estimate of drug-likeness (QED) is 0.567. The van der Waals surface area contributed by atoms with Crippen LogP contribution in [0.3, 0.4) is 0 Å². The van der Waals surface area contributed by atoms with E-state index in [0.717, 1.165) is 79.3 Å². The van der Waals surface area contributed by atoms with E-state index in [0.29, 0.717) is 12.3 Å². The first-order valence-corrected chi connectivity index (χ1v) is 11.8. The molecular weight excluding hydrogens is 404 g/mol. The van der Waals surface area contributed by atoms with Gasteiger partial charge in [-0.05, 0) is 63.4 Å². The van der Waals surface area contributed by atoms with Crippen LogP contribution in [0, 0.1) is 17.2 Å². The number of rotatable bonds is 5. The molecule has 3 aromatic heterocycles. The Labute approximate surface area is 187 Å². The minimum atomic E-state index is -0.236. The maximum Gasteiger partial charge on any atom is 0.227 e. The number of hydrogen-bond acceptors (Lipinski definition) is 5. The van der Waals surface area contributed by atoms with E-state index in [1.165, 1.54) is 0 Å². The smallest absolute Gasteiger partial charge is 0.227 e. The molecule has 0 bridgehead atoms. The van der Waals surface area contributed by atoms with E-state index in [1.807, 2.05) is 12.3 Å². The Bertz CT molecular complexity index is 1140. The van der Waals surface area contributed by atoms with Crippen LogP contribution in [0.15, 0.2) is 18.5 Å². The van der Waals surface area contributed by atoms with Crippen LogP contribution in [0.5, 0.6) is 0 Å². The molecule has 3 heterocycles. The Hall–Kier alpha value is -2.92. The monoisotopic (exact) mass is 434 g/mol. The van der Waals surface area contributed by atoms with Gasteiger partial charge in [0.15, 0.2) is 0 Å². The molecule has 8 nitrogen and oxygen atoms in total. The molecule has 2 aliphatic carbocycles. The minimum absolute atomic E-state index is 0.0145. The molecular formula is C24H30N6O2. The fourth-order valence-electron chi connectivity index (χ4n) is 5.54. The third-order valence-electron chi connectivity index (χ3n) is 7.25. The van der Waals surface area contributed by atoms with Crippen LogP contribution in [0.4, 0.5) is 0 Å². The van der Waals surface area contributed by atoms with Gasteiger partial charge in [-0.1, -0.05) is 0 Å². The van der Waals surface area contributed by atoms with Gasteiger partial charge in [0.2, 0.25) is 5.91 Å². The summed E-state index contributed by atoms with van der Waals surface area (Å²) >= 11 is 0. The van der Waals surface area contributed by atoms with Gasteiger partial charge in [-0.2, -0.15) is 5.26 Å². The van der Waals surface area contributed by atoms with Gasteiger partial charge in [0.05, 0.1) is 30.3 Å². The van der Waals surface area contributed by atoms with Gasteiger partial charge in [-0.3, -0.25) is 4.79 Å². The molecule has 0 atom stereocenters. The molecule has 0 aromatic carbocycles. The SMILES string of the molecule is N#CC[C@H]1CC[C@H](n2c(CC(=O)NC3CCC(O)CC3)nc3cnc4[nH]ccc4c32)CC1. The van der Waals surface area contributed by atoms with Crippen molar-refractivity contribution < 1.29 is 9.90 Å². The van der Waals surface area contributed by atoms with E-state index in [9.17, 15) is 9.90 Å². The second-order valence-corrected chi connectivity index (χ2v) is 9.42. The van der Waals surface area contributed by atoms with Crippen LogP contribution in [0.1, 0.15) is 69.7 Å². The van der Waals surface area contributed by atoms with Gasteiger partial charge >= 0.3 is 0 Å². The zero-order chi connectivity index (χ0) is 22.1. The summed E-state index contributed by atoms with van der Waals surface area (Å²) in [7, 11) is 0. The molecule has 2 aliphatic rings. The number of fused-ring (bicyclic) bond motifs is 3. The average molecular weight is 435 g/mol. The van der Waals surface area contributed by atoms with Crippen LogP contribution in [0.25, 0.3) is 22.1 Å². The van der Waals surface area contributed by atoms with Gasteiger partial charge < -0.3 is 20.0 Å². The van der Waals surface area contributed by atoms with Crippen LogP contribution in [-0.2, 0) is 11.2 Å². The number of nitrogens with one attached hydrogen (secondary N) is 2. The molecule has 8 heteroatoms. The van der Waals surface area contributed by atoms with Crippen molar-refractivity contribution in [2.24, 2.45) is 5.92 Å². The summed E-state index contributed by atoms with van der Waals surface area (Å²) < 4.78 is 2.28. The van der Waals surface area contributed by atoms with Gasteiger partial charge in [0, 0.05) is 30.1 Å². The Kier molecular flexibility index (Phi) is 5.83. The van der Waals surface area contributed by atoms with E-state index in [1.54, 1.807) is 6.20 Å². The number of imidazole rings is 1. The molecule has 1 amide bonds. The lowest BCUT2D eigenvalue weighted by atomic mass is 9.84. The Morgan fingerprint density at radius 3 is 2.75 bits per heavy atom. The molecule has 3 N–H and O–H groups in total.